The van der Waals surface area contributed by atoms with Gasteiger partial charge in [-0.25, -0.2) is 0 Å². The predicted octanol–water partition coefficient (Wildman–Crippen LogP) is 5.95. The molecule has 34 heavy (non-hydrogen) atoms. The van der Waals surface area contributed by atoms with Gasteiger partial charge in [0.1, 0.15) is 17.2 Å². The molecule has 176 valence electrons. The molecule has 0 aliphatic carbocycles. The zero-order valence-corrected chi connectivity index (χ0v) is 19.4. The lowest BCUT2D eigenvalue weighted by Gasteiger charge is -2.23. The van der Waals surface area contributed by atoms with Crippen molar-refractivity contribution in [2.24, 2.45) is 0 Å². The van der Waals surface area contributed by atoms with Gasteiger partial charge in [-0.05, 0) is 74.2 Å². The summed E-state index contributed by atoms with van der Waals surface area (Å²) in [4.78, 5) is 14.7. The van der Waals surface area contributed by atoms with Crippen LogP contribution >= 0.6 is 0 Å². The quantitative estimate of drug-likeness (QED) is 0.339. The standard InChI is InChI=1S/C28H30N2O4/c1-2-17-30(23-9-5-3-6-10-23)28(32)26-16-15-25(20-27(26)31)34-19-8-4-7-18-33-24-13-11-22(21-29)12-14-24/h3,5-6,9-16,20,31H,2,4,7-8,17-19H2,1H3. The fourth-order valence-electron chi connectivity index (χ4n) is 3.49. The summed E-state index contributed by atoms with van der Waals surface area (Å²) in [6, 6.07) is 23.4. The maximum atomic E-state index is 13.1. The maximum absolute atomic E-state index is 13.1. The van der Waals surface area contributed by atoms with Crippen LogP contribution in [0, 0.1) is 11.3 Å². The molecule has 0 saturated heterocycles. The van der Waals surface area contributed by atoms with Crippen LogP contribution in [-0.2, 0) is 0 Å². The first-order chi connectivity index (χ1) is 16.6. The molecule has 0 saturated carbocycles. The largest absolute Gasteiger partial charge is 0.507 e. The molecule has 1 N–H and O–H groups in total. The number of anilines is 1. The second-order valence-corrected chi connectivity index (χ2v) is 7.87. The lowest BCUT2D eigenvalue weighted by Crippen LogP contribution is -2.31. The van der Waals surface area contributed by atoms with Crippen molar-refractivity contribution in [1.82, 2.24) is 0 Å². The van der Waals surface area contributed by atoms with Gasteiger partial charge in [-0.1, -0.05) is 25.1 Å². The number of nitrogens with zero attached hydrogens (tertiary/aromatic N) is 2. The first-order valence-corrected chi connectivity index (χ1v) is 11.6. The summed E-state index contributed by atoms with van der Waals surface area (Å²) >= 11 is 0. The molecule has 0 radical (unpaired) electrons. The van der Waals surface area contributed by atoms with E-state index in [9.17, 15) is 9.90 Å². The van der Waals surface area contributed by atoms with Crippen LogP contribution in [-0.4, -0.2) is 30.8 Å². The van der Waals surface area contributed by atoms with Gasteiger partial charge in [0.25, 0.3) is 5.91 Å². The zero-order valence-electron chi connectivity index (χ0n) is 19.4. The fourth-order valence-corrected chi connectivity index (χ4v) is 3.49. The Balaban J connectivity index is 1.43. The Kier molecular flexibility index (Phi) is 9.36. The second kappa shape index (κ2) is 12.9. The number of unbranched alkanes of at least 4 members (excludes halogenated alkanes) is 2. The lowest BCUT2D eigenvalue weighted by atomic mass is 10.1. The molecule has 0 unspecified atom stereocenters. The van der Waals surface area contributed by atoms with E-state index in [4.69, 9.17) is 14.7 Å². The van der Waals surface area contributed by atoms with Gasteiger partial charge in [0.05, 0.1) is 30.4 Å². The molecule has 3 rings (SSSR count). The summed E-state index contributed by atoms with van der Waals surface area (Å²) < 4.78 is 11.4. The Morgan fingerprint density at radius 3 is 2.18 bits per heavy atom. The molecule has 3 aromatic carbocycles. The molecule has 0 spiro atoms. The molecule has 0 aromatic heterocycles. The van der Waals surface area contributed by atoms with Crippen molar-refractivity contribution in [1.29, 1.82) is 5.26 Å². The number of aromatic hydroxyl groups is 1. The first kappa shape index (κ1) is 24.7. The van der Waals surface area contributed by atoms with E-state index in [0.29, 0.717) is 31.1 Å². The molecule has 0 aliphatic rings. The Bertz CT molecular complexity index is 1090. The van der Waals surface area contributed by atoms with Crippen LogP contribution < -0.4 is 14.4 Å². The molecular weight excluding hydrogens is 428 g/mol. The monoisotopic (exact) mass is 458 g/mol. The summed E-state index contributed by atoms with van der Waals surface area (Å²) in [5.41, 5.74) is 1.67. The number of phenols is 1. The Labute approximate surface area is 201 Å². The van der Waals surface area contributed by atoms with Crippen molar-refractivity contribution in [3.63, 3.8) is 0 Å². The highest BCUT2D eigenvalue weighted by atomic mass is 16.5. The van der Waals surface area contributed by atoms with Gasteiger partial charge in [-0.3, -0.25) is 4.79 Å². The van der Waals surface area contributed by atoms with Crippen LogP contribution in [0.2, 0.25) is 0 Å². The molecule has 3 aromatic rings. The van der Waals surface area contributed by atoms with Gasteiger partial charge in [-0.2, -0.15) is 5.26 Å². The molecule has 0 atom stereocenters. The summed E-state index contributed by atoms with van der Waals surface area (Å²) in [6.45, 7) is 3.68. The van der Waals surface area contributed by atoms with Crippen molar-refractivity contribution >= 4 is 11.6 Å². The Morgan fingerprint density at radius 1 is 0.912 bits per heavy atom. The number of phenolic OH excluding ortho intramolecular Hbond substituents is 1. The minimum atomic E-state index is -0.237. The normalized spacial score (nSPS) is 10.4. The number of amides is 1. The van der Waals surface area contributed by atoms with Gasteiger partial charge < -0.3 is 19.5 Å². The number of ether oxygens (including phenoxy) is 2. The zero-order chi connectivity index (χ0) is 24.2. The lowest BCUT2D eigenvalue weighted by molar-refractivity contribution is 0.0984. The summed E-state index contributed by atoms with van der Waals surface area (Å²) in [6.07, 6.45) is 3.47. The van der Waals surface area contributed by atoms with Crippen LogP contribution in [0.5, 0.6) is 17.2 Å². The van der Waals surface area contributed by atoms with E-state index in [2.05, 4.69) is 6.07 Å². The average molecular weight is 459 g/mol. The first-order valence-electron chi connectivity index (χ1n) is 11.6. The third kappa shape index (κ3) is 7.01. The topological polar surface area (TPSA) is 82.8 Å². The van der Waals surface area contributed by atoms with Gasteiger partial charge in [0.15, 0.2) is 0 Å². The number of benzene rings is 3. The summed E-state index contributed by atoms with van der Waals surface area (Å²) in [5.74, 6) is 0.962. The van der Waals surface area contributed by atoms with E-state index in [0.717, 1.165) is 37.1 Å². The maximum Gasteiger partial charge on any atom is 0.262 e. The van der Waals surface area contributed by atoms with Gasteiger partial charge >= 0.3 is 0 Å². The van der Waals surface area contributed by atoms with Crippen LogP contribution in [0.3, 0.4) is 0 Å². The smallest absolute Gasteiger partial charge is 0.262 e. The molecule has 0 bridgehead atoms. The third-order valence-corrected chi connectivity index (χ3v) is 5.27. The van der Waals surface area contributed by atoms with Crippen molar-refractivity contribution in [2.45, 2.75) is 32.6 Å². The number of carbonyl (C=O) groups is 1. The van der Waals surface area contributed by atoms with Crippen LogP contribution in [0.4, 0.5) is 5.69 Å². The molecule has 0 heterocycles. The van der Waals surface area contributed by atoms with E-state index >= 15 is 0 Å². The highest BCUT2D eigenvalue weighted by Gasteiger charge is 2.20. The number of nitriles is 1. The van der Waals surface area contributed by atoms with Crippen molar-refractivity contribution in [2.75, 3.05) is 24.7 Å². The average Bonchev–Trinajstić information content (AvgIpc) is 2.87. The number of para-hydroxylation sites is 1. The second-order valence-electron chi connectivity index (χ2n) is 7.87. The number of carbonyl (C=O) groups excluding carboxylic acids is 1. The van der Waals surface area contributed by atoms with Crippen LogP contribution in [0.1, 0.15) is 48.5 Å². The summed E-state index contributed by atoms with van der Waals surface area (Å²) in [7, 11) is 0. The molecular formula is C28H30N2O4. The molecule has 6 nitrogen and oxygen atoms in total. The highest BCUT2D eigenvalue weighted by molar-refractivity contribution is 6.07. The number of rotatable bonds is 12. The minimum absolute atomic E-state index is 0.0876. The molecule has 6 heteroatoms. The van der Waals surface area contributed by atoms with Crippen molar-refractivity contribution in [3.8, 4) is 23.3 Å². The minimum Gasteiger partial charge on any atom is -0.507 e. The molecule has 0 aliphatic heterocycles. The molecule has 1 amide bonds. The number of hydrogen-bond acceptors (Lipinski definition) is 5. The Hall–Kier alpha value is -3.98. The highest BCUT2D eigenvalue weighted by Crippen LogP contribution is 2.27. The Morgan fingerprint density at radius 2 is 1.56 bits per heavy atom. The predicted molar refractivity (Wildman–Crippen MR) is 133 cm³/mol. The summed E-state index contributed by atoms with van der Waals surface area (Å²) in [5, 5.41) is 19.3. The van der Waals surface area contributed by atoms with Crippen LogP contribution in [0.15, 0.2) is 72.8 Å². The molecule has 0 fully saturated rings. The van der Waals surface area contributed by atoms with E-state index in [-0.39, 0.29) is 17.2 Å². The van der Waals surface area contributed by atoms with Gasteiger partial charge in [-0.15, -0.1) is 0 Å². The number of hydrogen-bond donors (Lipinski definition) is 1. The van der Waals surface area contributed by atoms with Crippen LogP contribution in [0.25, 0.3) is 0 Å². The fraction of sp³-hybridized carbons (Fsp3) is 0.286. The van der Waals surface area contributed by atoms with E-state index in [1.54, 1.807) is 41.3 Å². The van der Waals surface area contributed by atoms with Crippen molar-refractivity contribution in [3.05, 3.63) is 83.9 Å². The van der Waals surface area contributed by atoms with Gasteiger partial charge in [0, 0.05) is 18.3 Å². The van der Waals surface area contributed by atoms with Gasteiger partial charge in [0.2, 0.25) is 0 Å². The van der Waals surface area contributed by atoms with E-state index < -0.39 is 0 Å². The van der Waals surface area contributed by atoms with Crippen molar-refractivity contribution < 1.29 is 19.4 Å². The van der Waals surface area contributed by atoms with E-state index in [1.807, 2.05) is 37.3 Å². The third-order valence-electron chi connectivity index (χ3n) is 5.27. The van der Waals surface area contributed by atoms with E-state index in [1.165, 1.54) is 6.07 Å². The SMILES string of the molecule is CCCN(C(=O)c1ccc(OCCCCCOc2ccc(C#N)cc2)cc1O)c1ccccc1.